The van der Waals surface area contributed by atoms with Crippen molar-refractivity contribution in [3.63, 3.8) is 0 Å². The second kappa shape index (κ2) is 6.68. The number of rotatable bonds is 2. The maximum atomic E-state index is 6.02. The second-order valence-corrected chi connectivity index (χ2v) is 6.20. The number of aromatic nitrogens is 2. The molecule has 0 aliphatic heterocycles. The van der Waals surface area contributed by atoms with Crippen LogP contribution in [0.1, 0.15) is 69.3 Å². The SMILES string of the molecule is CCc1nc(C2CCCCCCC2)nc(N)c1I. The van der Waals surface area contributed by atoms with Gasteiger partial charge in [0.1, 0.15) is 11.6 Å². The van der Waals surface area contributed by atoms with Gasteiger partial charge in [-0.15, -0.1) is 0 Å². The zero-order chi connectivity index (χ0) is 13.0. The Morgan fingerprint density at radius 1 is 1.11 bits per heavy atom. The molecule has 1 heterocycles. The van der Waals surface area contributed by atoms with Crippen LogP contribution in [0.3, 0.4) is 0 Å². The molecule has 1 fully saturated rings. The molecule has 0 saturated heterocycles. The van der Waals surface area contributed by atoms with Crippen molar-refractivity contribution in [3.05, 3.63) is 15.1 Å². The summed E-state index contributed by atoms with van der Waals surface area (Å²) in [5.41, 5.74) is 7.13. The monoisotopic (exact) mass is 359 g/mol. The van der Waals surface area contributed by atoms with Crippen LogP contribution in [0.5, 0.6) is 0 Å². The number of nitrogens with zero attached hydrogens (tertiary/aromatic N) is 2. The van der Waals surface area contributed by atoms with E-state index in [0.717, 1.165) is 21.5 Å². The van der Waals surface area contributed by atoms with Crippen molar-refractivity contribution in [2.75, 3.05) is 5.73 Å². The lowest BCUT2D eigenvalue weighted by Crippen LogP contribution is -2.12. The normalized spacial score (nSPS) is 18.3. The highest BCUT2D eigenvalue weighted by atomic mass is 127. The Morgan fingerprint density at radius 3 is 2.33 bits per heavy atom. The molecule has 3 nitrogen and oxygen atoms in total. The van der Waals surface area contributed by atoms with Crippen LogP contribution in [0.25, 0.3) is 0 Å². The van der Waals surface area contributed by atoms with Crippen molar-refractivity contribution in [2.24, 2.45) is 0 Å². The first-order valence-corrected chi connectivity index (χ1v) is 8.12. The Labute approximate surface area is 123 Å². The smallest absolute Gasteiger partial charge is 0.140 e. The van der Waals surface area contributed by atoms with Crippen LogP contribution in [0.4, 0.5) is 5.82 Å². The Hall–Kier alpha value is -0.390. The second-order valence-electron chi connectivity index (χ2n) is 5.12. The van der Waals surface area contributed by atoms with Gasteiger partial charge in [0.15, 0.2) is 0 Å². The molecule has 2 N–H and O–H groups in total. The van der Waals surface area contributed by atoms with Crippen LogP contribution in [0, 0.1) is 3.57 Å². The number of anilines is 1. The molecule has 0 radical (unpaired) electrons. The van der Waals surface area contributed by atoms with Gasteiger partial charge in [-0.2, -0.15) is 0 Å². The van der Waals surface area contributed by atoms with E-state index in [2.05, 4.69) is 34.5 Å². The first-order valence-electron chi connectivity index (χ1n) is 7.04. The predicted molar refractivity (Wildman–Crippen MR) is 83.6 cm³/mol. The van der Waals surface area contributed by atoms with E-state index in [1.54, 1.807) is 0 Å². The minimum Gasteiger partial charge on any atom is -0.383 e. The number of halogens is 1. The van der Waals surface area contributed by atoms with Gasteiger partial charge in [-0.25, -0.2) is 9.97 Å². The number of hydrogen-bond acceptors (Lipinski definition) is 3. The molecule has 0 spiro atoms. The van der Waals surface area contributed by atoms with Gasteiger partial charge in [-0.05, 0) is 41.9 Å². The van der Waals surface area contributed by atoms with Gasteiger partial charge >= 0.3 is 0 Å². The quantitative estimate of drug-likeness (QED) is 0.811. The summed E-state index contributed by atoms with van der Waals surface area (Å²) in [7, 11) is 0. The molecule has 1 aromatic heterocycles. The molecule has 4 heteroatoms. The van der Waals surface area contributed by atoms with E-state index in [1.165, 1.54) is 44.9 Å². The van der Waals surface area contributed by atoms with Crippen molar-refractivity contribution in [1.82, 2.24) is 9.97 Å². The number of nitrogen functional groups attached to an aromatic ring is 1. The van der Waals surface area contributed by atoms with E-state index >= 15 is 0 Å². The molecule has 0 amide bonds. The summed E-state index contributed by atoms with van der Waals surface area (Å²) in [6.07, 6.45) is 10.1. The summed E-state index contributed by atoms with van der Waals surface area (Å²) in [5.74, 6) is 2.18. The van der Waals surface area contributed by atoms with Crippen molar-refractivity contribution in [2.45, 2.75) is 64.2 Å². The van der Waals surface area contributed by atoms with Crippen molar-refractivity contribution >= 4 is 28.4 Å². The molecule has 0 unspecified atom stereocenters. The number of nitrogens with two attached hydrogens (primary N) is 1. The fourth-order valence-corrected chi connectivity index (χ4v) is 3.29. The molecule has 0 aromatic carbocycles. The van der Waals surface area contributed by atoms with Gasteiger partial charge in [0.05, 0.1) is 9.26 Å². The summed E-state index contributed by atoms with van der Waals surface area (Å²) >= 11 is 2.26. The van der Waals surface area contributed by atoms with Crippen LogP contribution < -0.4 is 5.73 Å². The summed E-state index contributed by atoms with van der Waals surface area (Å²) in [6, 6.07) is 0. The van der Waals surface area contributed by atoms with Gasteiger partial charge in [-0.3, -0.25) is 0 Å². The van der Waals surface area contributed by atoms with E-state index in [9.17, 15) is 0 Å². The highest BCUT2D eigenvalue weighted by Crippen LogP contribution is 2.30. The Kier molecular flexibility index (Phi) is 5.21. The predicted octanol–water partition coefficient (Wildman–Crippen LogP) is 4.05. The fraction of sp³-hybridized carbons (Fsp3) is 0.714. The first-order chi connectivity index (χ1) is 8.72. The van der Waals surface area contributed by atoms with E-state index in [4.69, 9.17) is 10.7 Å². The lowest BCUT2D eigenvalue weighted by Gasteiger charge is -2.19. The first kappa shape index (κ1) is 14.0. The van der Waals surface area contributed by atoms with Crippen molar-refractivity contribution < 1.29 is 0 Å². The lowest BCUT2D eigenvalue weighted by molar-refractivity contribution is 0.441. The largest absolute Gasteiger partial charge is 0.383 e. The van der Waals surface area contributed by atoms with E-state index in [0.29, 0.717) is 11.7 Å². The van der Waals surface area contributed by atoms with Crippen molar-refractivity contribution in [1.29, 1.82) is 0 Å². The van der Waals surface area contributed by atoms with Crippen LogP contribution in [-0.2, 0) is 6.42 Å². The molecule has 18 heavy (non-hydrogen) atoms. The molecular weight excluding hydrogens is 337 g/mol. The minimum atomic E-state index is 0.523. The lowest BCUT2D eigenvalue weighted by atomic mass is 9.90. The molecule has 1 saturated carbocycles. The summed E-state index contributed by atoms with van der Waals surface area (Å²) in [6.45, 7) is 2.13. The minimum absolute atomic E-state index is 0.523. The van der Waals surface area contributed by atoms with Gasteiger partial charge in [0.2, 0.25) is 0 Å². The van der Waals surface area contributed by atoms with Crippen LogP contribution >= 0.6 is 22.6 Å². The third-order valence-corrected chi connectivity index (χ3v) is 4.94. The van der Waals surface area contributed by atoms with Gasteiger partial charge < -0.3 is 5.73 Å². The van der Waals surface area contributed by atoms with Crippen LogP contribution in [0.15, 0.2) is 0 Å². The standard InChI is InChI=1S/C14H22IN3/c1-2-11-12(15)13(16)18-14(17-11)10-8-6-4-3-5-7-9-10/h10H,2-9H2,1H3,(H2,16,17,18). The summed E-state index contributed by atoms with van der Waals surface area (Å²) in [5, 5.41) is 0. The van der Waals surface area contributed by atoms with Crippen molar-refractivity contribution in [3.8, 4) is 0 Å². The third-order valence-electron chi connectivity index (χ3n) is 3.77. The molecule has 0 atom stereocenters. The van der Waals surface area contributed by atoms with E-state index in [-0.39, 0.29) is 0 Å². The zero-order valence-corrected chi connectivity index (χ0v) is 13.2. The summed E-state index contributed by atoms with van der Waals surface area (Å²) in [4.78, 5) is 9.29. The van der Waals surface area contributed by atoms with Crippen LogP contribution in [0.2, 0.25) is 0 Å². The van der Waals surface area contributed by atoms with Gasteiger partial charge in [0.25, 0.3) is 0 Å². The Balaban J connectivity index is 2.22. The van der Waals surface area contributed by atoms with Gasteiger partial charge in [0, 0.05) is 5.92 Å². The molecular formula is C14H22IN3. The van der Waals surface area contributed by atoms with Crippen LogP contribution in [-0.4, -0.2) is 9.97 Å². The molecule has 0 bridgehead atoms. The molecule has 1 aliphatic rings. The molecule has 2 rings (SSSR count). The molecule has 1 aromatic rings. The average molecular weight is 359 g/mol. The Morgan fingerprint density at radius 2 is 1.72 bits per heavy atom. The summed E-state index contributed by atoms with van der Waals surface area (Å²) < 4.78 is 1.03. The number of aryl methyl sites for hydroxylation is 1. The zero-order valence-electron chi connectivity index (χ0n) is 11.1. The molecule has 1 aliphatic carbocycles. The fourth-order valence-electron chi connectivity index (χ4n) is 2.66. The highest BCUT2D eigenvalue weighted by Gasteiger charge is 2.18. The maximum absolute atomic E-state index is 6.02. The average Bonchev–Trinajstić information content (AvgIpc) is 2.32. The van der Waals surface area contributed by atoms with E-state index in [1.807, 2.05) is 0 Å². The maximum Gasteiger partial charge on any atom is 0.140 e. The molecule has 100 valence electrons. The number of hydrogen-bond donors (Lipinski definition) is 1. The Bertz CT molecular complexity index is 398. The van der Waals surface area contributed by atoms with E-state index < -0.39 is 0 Å². The highest BCUT2D eigenvalue weighted by molar-refractivity contribution is 14.1. The third kappa shape index (κ3) is 3.33. The van der Waals surface area contributed by atoms with Gasteiger partial charge in [-0.1, -0.05) is 39.0 Å². The topological polar surface area (TPSA) is 51.8 Å².